The van der Waals surface area contributed by atoms with E-state index < -0.39 is 6.10 Å². The lowest BCUT2D eigenvalue weighted by Gasteiger charge is -2.61. The number of aliphatic hydroxyl groups excluding tert-OH is 1. The third-order valence-corrected chi connectivity index (χ3v) is 9.27. The van der Waals surface area contributed by atoms with Crippen molar-refractivity contribution in [3.63, 3.8) is 0 Å². The fourth-order valence-electron chi connectivity index (χ4n) is 7.88. The van der Waals surface area contributed by atoms with Gasteiger partial charge in [0.1, 0.15) is 5.78 Å². The van der Waals surface area contributed by atoms with Crippen molar-refractivity contribution in [1.29, 1.82) is 0 Å². The number of carbonyl (C=O) groups excluding carboxylic acids is 1. The summed E-state index contributed by atoms with van der Waals surface area (Å²) in [4.78, 5) is 12.0. The van der Waals surface area contributed by atoms with E-state index in [1.54, 1.807) is 0 Å². The number of hydrogen-bond donors (Lipinski definition) is 1. The fraction of sp³-hybridized carbons (Fsp3) is 0.952. The lowest BCUT2D eigenvalue weighted by atomic mass is 9.44. The Morgan fingerprint density at radius 3 is 2.57 bits per heavy atom. The van der Waals surface area contributed by atoms with Crippen molar-refractivity contribution < 1.29 is 9.90 Å². The first-order valence-electron chi connectivity index (χ1n) is 10.1. The van der Waals surface area contributed by atoms with Crippen molar-refractivity contribution in [2.75, 3.05) is 0 Å². The smallest absolute Gasteiger partial charge is 0.135 e. The van der Waals surface area contributed by atoms with Crippen LogP contribution in [0.4, 0.5) is 0 Å². The Bertz CT molecular complexity index is 500. The van der Waals surface area contributed by atoms with E-state index in [1.165, 1.54) is 44.9 Å². The highest BCUT2D eigenvalue weighted by Gasteiger charge is 2.61. The van der Waals surface area contributed by atoms with Gasteiger partial charge in [-0.3, -0.25) is 4.79 Å². The molecule has 0 aliphatic heterocycles. The topological polar surface area (TPSA) is 37.3 Å². The summed E-state index contributed by atoms with van der Waals surface area (Å²) >= 11 is 0. The van der Waals surface area contributed by atoms with E-state index in [2.05, 4.69) is 20.8 Å². The second-order valence-corrected chi connectivity index (χ2v) is 9.71. The standard InChI is InChI=1S/C21H34O2/c1-4-13-6-8-17-16-7-5-14-11-15(22)12-19(23)21(14,3)18(16)9-10-20(13,17)2/h13-14,16-19,23H,4-12H2,1-3H3/t13-,14?,16-,17-,18-,19?,20+,21-/m0/s1. The summed E-state index contributed by atoms with van der Waals surface area (Å²) < 4.78 is 0. The molecule has 0 amide bonds. The molecule has 0 spiro atoms. The molecule has 1 N–H and O–H groups in total. The molecular weight excluding hydrogens is 284 g/mol. The lowest BCUT2D eigenvalue weighted by molar-refractivity contribution is -0.170. The zero-order chi connectivity index (χ0) is 16.4. The Hall–Kier alpha value is -0.370. The Morgan fingerprint density at radius 1 is 1.04 bits per heavy atom. The lowest BCUT2D eigenvalue weighted by Crippen LogP contribution is -2.58. The molecule has 23 heavy (non-hydrogen) atoms. The largest absolute Gasteiger partial charge is 0.392 e. The fourth-order valence-corrected chi connectivity index (χ4v) is 7.88. The van der Waals surface area contributed by atoms with Gasteiger partial charge in [-0.05, 0) is 73.5 Å². The van der Waals surface area contributed by atoms with Gasteiger partial charge in [0.2, 0.25) is 0 Å². The van der Waals surface area contributed by atoms with Crippen LogP contribution >= 0.6 is 0 Å². The van der Waals surface area contributed by atoms with E-state index in [9.17, 15) is 9.90 Å². The molecule has 4 fully saturated rings. The SMILES string of the molecule is CC[C@H]1CC[C@H]2[C@@H]3CCC4CC(=O)CC(O)[C@]4(C)[C@H]3CC[C@]12C. The van der Waals surface area contributed by atoms with E-state index >= 15 is 0 Å². The minimum Gasteiger partial charge on any atom is -0.392 e. The van der Waals surface area contributed by atoms with Crippen LogP contribution in [0.25, 0.3) is 0 Å². The maximum absolute atomic E-state index is 12.0. The van der Waals surface area contributed by atoms with E-state index in [0.29, 0.717) is 29.5 Å². The molecule has 4 saturated carbocycles. The number of carbonyl (C=O) groups is 1. The molecule has 8 atom stereocenters. The van der Waals surface area contributed by atoms with E-state index in [1.807, 2.05) is 0 Å². The minimum absolute atomic E-state index is 0.00244. The number of rotatable bonds is 1. The molecule has 4 rings (SSSR count). The van der Waals surface area contributed by atoms with Crippen LogP contribution in [0.2, 0.25) is 0 Å². The zero-order valence-electron chi connectivity index (χ0n) is 15.2. The van der Waals surface area contributed by atoms with Crippen molar-refractivity contribution in [2.45, 2.75) is 84.7 Å². The summed E-state index contributed by atoms with van der Waals surface area (Å²) in [6.07, 6.45) is 10.0. The van der Waals surface area contributed by atoms with Gasteiger partial charge in [-0.25, -0.2) is 0 Å². The molecule has 2 unspecified atom stereocenters. The Morgan fingerprint density at radius 2 is 1.83 bits per heavy atom. The predicted octanol–water partition coefficient (Wildman–Crippen LogP) is 4.60. The summed E-state index contributed by atoms with van der Waals surface area (Å²) in [7, 11) is 0. The van der Waals surface area contributed by atoms with Crippen molar-refractivity contribution in [2.24, 2.45) is 40.4 Å². The van der Waals surface area contributed by atoms with Gasteiger partial charge in [0.05, 0.1) is 6.10 Å². The molecule has 4 aliphatic carbocycles. The van der Waals surface area contributed by atoms with Crippen LogP contribution in [0, 0.1) is 40.4 Å². The summed E-state index contributed by atoms with van der Waals surface area (Å²) in [5.74, 6) is 3.97. The van der Waals surface area contributed by atoms with Crippen LogP contribution in [0.5, 0.6) is 0 Å². The van der Waals surface area contributed by atoms with Crippen molar-refractivity contribution in [3.05, 3.63) is 0 Å². The number of fused-ring (bicyclic) bond motifs is 5. The van der Waals surface area contributed by atoms with E-state index in [4.69, 9.17) is 0 Å². The first-order chi connectivity index (χ1) is 10.9. The average molecular weight is 319 g/mol. The van der Waals surface area contributed by atoms with Gasteiger partial charge < -0.3 is 5.11 Å². The molecule has 2 heteroatoms. The highest BCUT2D eigenvalue weighted by atomic mass is 16.3. The average Bonchev–Trinajstić information content (AvgIpc) is 2.85. The first-order valence-corrected chi connectivity index (χ1v) is 10.1. The van der Waals surface area contributed by atoms with Gasteiger partial charge >= 0.3 is 0 Å². The Kier molecular flexibility index (Phi) is 3.72. The highest BCUT2D eigenvalue weighted by molar-refractivity contribution is 5.80. The van der Waals surface area contributed by atoms with Gasteiger partial charge in [-0.2, -0.15) is 0 Å². The second-order valence-electron chi connectivity index (χ2n) is 9.71. The van der Waals surface area contributed by atoms with Crippen molar-refractivity contribution >= 4 is 5.78 Å². The third-order valence-electron chi connectivity index (χ3n) is 9.27. The third kappa shape index (κ3) is 2.06. The molecule has 0 bridgehead atoms. The van der Waals surface area contributed by atoms with Crippen molar-refractivity contribution in [1.82, 2.24) is 0 Å². The van der Waals surface area contributed by atoms with Crippen LogP contribution in [0.1, 0.15) is 78.6 Å². The molecule has 0 aromatic heterocycles. The molecule has 0 aromatic rings. The zero-order valence-corrected chi connectivity index (χ0v) is 15.2. The number of ketones is 1. The second kappa shape index (κ2) is 5.31. The Balaban J connectivity index is 1.65. The summed E-state index contributed by atoms with van der Waals surface area (Å²) in [6.45, 7) is 7.28. The van der Waals surface area contributed by atoms with Crippen molar-refractivity contribution in [3.8, 4) is 0 Å². The summed E-state index contributed by atoms with van der Waals surface area (Å²) in [6, 6.07) is 0. The molecule has 4 aliphatic rings. The number of aliphatic hydroxyl groups is 1. The van der Waals surface area contributed by atoms with Crippen LogP contribution in [-0.4, -0.2) is 17.0 Å². The monoisotopic (exact) mass is 318 g/mol. The highest BCUT2D eigenvalue weighted by Crippen LogP contribution is 2.67. The molecule has 0 radical (unpaired) electrons. The maximum atomic E-state index is 12.0. The summed E-state index contributed by atoms with van der Waals surface area (Å²) in [5, 5.41) is 10.9. The van der Waals surface area contributed by atoms with Gasteiger partial charge in [-0.15, -0.1) is 0 Å². The first kappa shape index (κ1) is 16.1. The number of Topliss-reactive ketones (excluding diaryl/α,β-unsaturated/α-hetero) is 1. The minimum atomic E-state index is -0.394. The number of hydrogen-bond acceptors (Lipinski definition) is 2. The quantitative estimate of drug-likeness (QED) is 0.767. The van der Waals surface area contributed by atoms with Crippen LogP contribution < -0.4 is 0 Å². The predicted molar refractivity (Wildman–Crippen MR) is 91.9 cm³/mol. The van der Waals surface area contributed by atoms with E-state index in [-0.39, 0.29) is 5.41 Å². The molecule has 0 heterocycles. The molecule has 0 aromatic carbocycles. The molecular formula is C21H34O2. The van der Waals surface area contributed by atoms with Crippen LogP contribution in [0.15, 0.2) is 0 Å². The summed E-state index contributed by atoms with van der Waals surface area (Å²) in [5.41, 5.74) is 0.553. The molecule has 2 nitrogen and oxygen atoms in total. The van der Waals surface area contributed by atoms with Gasteiger partial charge in [0, 0.05) is 18.3 Å². The van der Waals surface area contributed by atoms with E-state index in [0.717, 1.165) is 24.2 Å². The molecule has 130 valence electrons. The normalized spacial score (nSPS) is 55.9. The maximum Gasteiger partial charge on any atom is 0.135 e. The Labute approximate surface area is 141 Å². The van der Waals surface area contributed by atoms with Crippen LogP contribution in [0.3, 0.4) is 0 Å². The van der Waals surface area contributed by atoms with Gasteiger partial charge in [0.25, 0.3) is 0 Å². The molecule has 0 saturated heterocycles. The van der Waals surface area contributed by atoms with Crippen LogP contribution in [-0.2, 0) is 4.79 Å². The van der Waals surface area contributed by atoms with Gasteiger partial charge in [-0.1, -0.05) is 27.2 Å². The van der Waals surface area contributed by atoms with Gasteiger partial charge in [0.15, 0.2) is 0 Å².